The minimum Gasteiger partial charge on any atom is -0.369 e. The summed E-state index contributed by atoms with van der Waals surface area (Å²) in [7, 11) is 4.05. The van der Waals surface area contributed by atoms with Crippen LogP contribution in [0.4, 0.5) is 10.1 Å². The van der Waals surface area contributed by atoms with Gasteiger partial charge in [-0.2, -0.15) is 0 Å². The smallest absolute Gasteiger partial charge is 0.253 e. The van der Waals surface area contributed by atoms with Gasteiger partial charge in [0.1, 0.15) is 5.82 Å². The van der Waals surface area contributed by atoms with E-state index in [4.69, 9.17) is 0 Å². The molecule has 2 fully saturated rings. The van der Waals surface area contributed by atoms with Crippen LogP contribution >= 0.6 is 0 Å². The van der Waals surface area contributed by atoms with Gasteiger partial charge in [0.25, 0.3) is 5.91 Å². The monoisotopic (exact) mass is 424 g/mol. The van der Waals surface area contributed by atoms with Crippen molar-refractivity contribution >= 4 is 11.6 Å². The number of halogens is 1. The van der Waals surface area contributed by atoms with E-state index in [2.05, 4.69) is 33.9 Å². The van der Waals surface area contributed by atoms with Crippen LogP contribution in [0.2, 0.25) is 0 Å². The highest BCUT2D eigenvalue weighted by molar-refractivity contribution is 5.94. The molecule has 1 amide bonds. The number of rotatable bonds is 5. The Kier molecular flexibility index (Phi) is 6.88. The Balaban J connectivity index is 1.36. The number of hydrogen-bond donors (Lipinski definition) is 0. The van der Waals surface area contributed by atoms with E-state index in [0.29, 0.717) is 6.54 Å². The van der Waals surface area contributed by atoms with Gasteiger partial charge in [0.2, 0.25) is 0 Å². The highest BCUT2D eigenvalue weighted by atomic mass is 19.1. The van der Waals surface area contributed by atoms with Crippen molar-refractivity contribution in [1.82, 2.24) is 14.7 Å². The molecule has 2 aliphatic heterocycles. The first-order valence-corrected chi connectivity index (χ1v) is 11.3. The second-order valence-electron chi connectivity index (χ2n) is 8.88. The second kappa shape index (κ2) is 9.79. The molecule has 166 valence electrons. The van der Waals surface area contributed by atoms with Gasteiger partial charge in [0.15, 0.2) is 0 Å². The Morgan fingerprint density at radius 1 is 1.03 bits per heavy atom. The van der Waals surface area contributed by atoms with Crippen LogP contribution in [0.5, 0.6) is 0 Å². The van der Waals surface area contributed by atoms with E-state index in [9.17, 15) is 9.18 Å². The highest BCUT2D eigenvalue weighted by Gasteiger charge is 2.27. The van der Waals surface area contributed by atoms with Gasteiger partial charge >= 0.3 is 0 Å². The van der Waals surface area contributed by atoms with Gasteiger partial charge in [0, 0.05) is 69.2 Å². The molecule has 0 aliphatic carbocycles. The number of benzene rings is 2. The third-order valence-electron chi connectivity index (χ3n) is 6.68. The molecule has 0 radical (unpaired) electrons. The molecule has 0 bridgehead atoms. The van der Waals surface area contributed by atoms with Gasteiger partial charge < -0.3 is 14.7 Å². The molecule has 2 aromatic rings. The third kappa shape index (κ3) is 5.25. The van der Waals surface area contributed by atoms with Crippen LogP contribution in [0.15, 0.2) is 48.5 Å². The van der Waals surface area contributed by atoms with Crippen LogP contribution in [0.25, 0.3) is 0 Å². The maximum atomic E-state index is 14.0. The Hall–Kier alpha value is -2.44. The molecule has 4 rings (SSSR count). The summed E-state index contributed by atoms with van der Waals surface area (Å²) in [6.07, 6.45) is 1.99. The topological polar surface area (TPSA) is 30.0 Å². The minimum absolute atomic E-state index is 0.0580. The average molecular weight is 425 g/mol. The van der Waals surface area contributed by atoms with Crippen molar-refractivity contribution in [2.24, 2.45) is 0 Å². The van der Waals surface area contributed by atoms with Crippen molar-refractivity contribution < 1.29 is 9.18 Å². The SMILES string of the molecule is CN1CCN(c2ccc(C(=O)N(C)[C@@H]3CCCN(Cc4ccccc4F)C3)cc2)CC1. The summed E-state index contributed by atoms with van der Waals surface area (Å²) in [6.45, 7) is 6.46. The van der Waals surface area contributed by atoms with Crippen LogP contribution in [-0.4, -0.2) is 80.0 Å². The van der Waals surface area contributed by atoms with Gasteiger partial charge in [-0.25, -0.2) is 4.39 Å². The standard InChI is InChI=1S/C25H33FN4O/c1-27-14-16-30(17-15-27)22-11-9-20(10-12-22)25(31)28(2)23-7-5-13-29(19-23)18-21-6-3-4-8-24(21)26/h3-4,6,8-12,23H,5,7,13-19H2,1-2H3/t23-/m1/s1. The normalized spacial score (nSPS) is 20.6. The predicted molar refractivity (Wildman–Crippen MR) is 123 cm³/mol. The fourth-order valence-corrected chi connectivity index (χ4v) is 4.61. The number of likely N-dealkylation sites (tertiary alicyclic amines) is 1. The van der Waals surface area contributed by atoms with Crippen LogP contribution in [0, 0.1) is 5.82 Å². The minimum atomic E-state index is -0.158. The number of nitrogens with zero attached hydrogens (tertiary/aromatic N) is 4. The Labute approximate surface area is 185 Å². The lowest BCUT2D eigenvalue weighted by atomic mass is 10.0. The third-order valence-corrected chi connectivity index (χ3v) is 6.68. The highest BCUT2D eigenvalue weighted by Crippen LogP contribution is 2.22. The van der Waals surface area contributed by atoms with E-state index in [0.717, 1.165) is 63.2 Å². The number of piperidine rings is 1. The van der Waals surface area contributed by atoms with E-state index < -0.39 is 0 Å². The number of hydrogen-bond acceptors (Lipinski definition) is 4. The zero-order chi connectivity index (χ0) is 21.8. The number of anilines is 1. The zero-order valence-corrected chi connectivity index (χ0v) is 18.6. The number of piperazine rings is 1. The first kappa shape index (κ1) is 21.8. The Bertz CT molecular complexity index is 879. The van der Waals surface area contributed by atoms with Gasteiger partial charge in [0.05, 0.1) is 0 Å². The maximum Gasteiger partial charge on any atom is 0.253 e. The van der Waals surface area contributed by atoms with E-state index in [1.807, 2.05) is 36.2 Å². The largest absolute Gasteiger partial charge is 0.369 e. The summed E-state index contributed by atoms with van der Waals surface area (Å²) in [4.78, 5) is 22.0. The van der Waals surface area contributed by atoms with E-state index in [-0.39, 0.29) is 17.8 Å². The van der Waals surface area contributed by atoms with Crippen molar-refractivity contribution in [3.8, 4) is 0 Å². The van der Waals surface area contributed by atoms with Crippen molar-refractivity contribution in [2.75, 3.05) is 58.3 Å². The lowest BCUT2D eigenvalue weighted by Gasteiger charge is -2.38. The summed E-state index contributed by atoms with van der Waals surface area (Å²) >= 11 is 0. The molecule has 0 spiro atoms. The van der Waals surface area contributed by atoms with Gasteiger partial charge in [-0.05, 0) is 56.8 Å². The summed E-state index contributed by atoms with van der Waals surface area (Å²) in [5, 5.41) is 0. The molecule has 0 N–H and O–H groups in total. The number of likely N-dealkylation sites (N-methyl/N-ethyl adjacent to an activating group) is 2. The Morgan fingerprint density at radius 3 is 2.45 bits per heavy atom. The second-order valence-corrected chi connectivity index (χ2v) is 8.88. The van der Waals surface area contributed by atoms with Crippen LogP contribution in [-0.2, 0) is 6.54 Å². The van der Waals surface area contributed by atoms with Crippen molar-refractivity contribution in [3.05, 3.63) is 65.5 Å². The molecular weight excluding hydrogens is 391 g/mol. The van der Waals surface area contributed by atoms with Crippen molar-refractivity contribution in [2.45, 2.75) is 25.4 Å². The molecule has 2 aliphatic rings. The molecule has 0 saturated carbocycles. The molecule has 6 heteroatoms. The Morgan fingerprint density at radius 2 is 1.74 bits per heavy atom. The van der Waals surface area contributed by atoms with Crippen LogP contribution < -0.4 is 4.90 Å². The predicted octanol–water partition coefficient (Wildman–Crippen LogP) is 3.31. The van der Waals surface area contributed by atoms with E-state index in [1.165, 1.54) is 11.8 Å². The number of carbonyl (C=O) groups is 1. The van der Waals surface area contributed by atoms with Crippen molar-refractivity contribution in [3.63, 3.8) is 0 Å². The van der Waals surface area contributed by atoms with Crippen LogP contribution in [0.1, 0.15) is 28.8 Å². The summed E-state index contributed by atoms with van der Waals surface area (Å²) in [6, 6.07) is 15.1. The zero-order valence-electron chi connectivity index (χ0n) is 18.6. The fourth-order valence-electron chi connectivity index (χ4n) is 4.61. The van der Waals surface area contributed by atoms with Gasteiger partial charge in [-0.3, -0.25) is 9.69 Å². The summed E-state index contributed by atoms with van der Waals surface area (Å²) in [5.74, 6) is -0.0998. The molecule has 5 nitrogen and oxygen atoms in total. The van der Waals surface area contributed by atoms with E-state index in [1.54, 1.807) is 6.07 Å². The maximum absolute atomic E-state index is 14.0. The van der Waals surface area contributed by atoms with Gasteiger partial charge in [-0.15, -0.1) is 0 Å². The quantitative estimate of drug-likeness (QED) is 0.737. The molecule has 1 atom stereocenters. The lowest BCUT2D eigenvalue weighted by molar-refractivity contribution is 0.0608. The van der Waals surface area contributed by atoms with Gasteiger partial charge in [-0.1, -0.05) is 18.2 Å². The first-order valence-electron chi connectivity index (χ1n) is 11.3. The van der Waals surface area contributed by atoms with E-state index >= 15 is 0 Å². The summed E-state index contributed by atoms with van der Waals surface area (Å²) in [5.41, 5.74) is 2.63. The molecule has 31 heavy (non-hydrogen) atoms. The molecule has 2 aromatic carbocycles. The number of amides is 1. The van der Waals surface area contributed by atoms with Crippen molar-refractivity contribution in [1.29, 1.82) is 0 Å². The average Bonchev–Trinajstić information content (AvgIpc) is 2.80. The molecule has 0 unspecified atom stereocenters. The fraction of sp³-hybridized carbons (Fsp3) is 0.480. The molecular formula is C25H33FN4O. The first-order chi connectivity index (χ1) is 15.0. The molecule has 2 heterocycles. The lowest BCUT2D eigenvalue weighted by Crippen LogP contribution is -2.48. The molecule has 2 saturated heterocycles. The number of carbonyl (C=O) groups excluding carboxylic acids is 1. The summed E-state index contributed by atoms with van der Waals surface area (Å²) < 4.78 is 14.0. The van der Waals surface area contributed by atoms with Crippen LogP contribution in [0.3, 0.4) is 0 Å². The molecule has 0 aromatic heterocycles.